The smallest absolute Gasteiger partial charge is 0.251 e. The van der Waals surface area contributed by atoms with Crippen molar-refractivity contribution in [2.24, 2.45) is 0 Å². The van der Waals surface area contributed by atoms with Crippen LogP contribution in [0.1, 0.15) is 21.6 Å². The number of carbonyl (C=O) groups is 1. The SMILES string of the molecule is Cc1[nH]ncc1CNC(=O)c1cc(N)c(Cl)c(Cl)c1. The van der Waals surface area contributed by atoms with Crippen LogP contribution >= 0.6 is 23.2 Å². The van der Waals surface area contributed by atoms with Gasteiger partial charge in [0.25, 0.3) is 5.91 Å². The molecule has 0 bridgehead atoms. The zero-order chi connectivity index (χ0) is 14.0. The number of nitrogens with one attached hydrogen (secondary N) is 2. The maximum Gasteiger partial charge on any atom is 0.251 e. The highest BCUT2D eigenvalue weighted by atomic mass is 35.5. The predicted octanol–water partition coefficient (Wildman–Crippen LogP) is 2.54. The summed E-state index contributed by atoms with van der Waals surface area (Å²) in [5.41, 5.74) is 8.14. The molecule has 0 aliphatic heterocycles. The van der Waals surface area contributed by atoms with E-state index in [4.69, 9.17) is 28.9 Å². The number of aromatic amines is 1. The Morgan fingerprint density at radius 1 is 1.47 bits per heavy atom. The summed E-state index contributed by atoms with van der Waals surface area (Å²) in [4.78, 5) is 12.0. The number of carbonyl (C=O) groups excluding carboxylic acids is 1. The maximum absolute atomic E-state index is 12.0. The fourth-order valence-corrected chi connectivity index (χ4v) is 1.91. The van der Waals surface area contributed by atoms with Crippen molar-refractivity contribution in [3.8, 4) is 0 Å². The molecule has 2 rings (SSSR count). The molecule has 19 heavy (non-hydrogen) atoms. The van der Waals surface area contributed by atoms with Crippen LogP contribution in [0.2, 0.25) is 10.0 Å². The molecule has 1 heterocycles. The second-order valence-corrected chi connectivity index (χ2v) is 4.85. The lowest BCUT2D eigenvalue weighted by Crippen LogP contribution is -2.23. The van der Waals surface area contributed by atoms with Gasteiger partial charge in [-0.2, -0.15) is 5.10 Å². The molecule has 0 radical (unpaired) electrons. The molecule has 5 nitrogen and oxygen atoms in total. The van der Waals surface area contributed by atoms with Crippen molar-refractivity contribution < 1.29 is 4.79 Å². The van der Waals surface area contributed by atoms with Gasteiger partial charge < -0.3 is 11.1 Å². The summed E-state index contributed by atoms with van der Waals surface area (Å²) in [6.07, 6.45) is 1.67. The van der Waals surface area contributed by atoms with Crippen molar-refractivity contribution >= 4 is 34.8 Å². The van der Waals surface area contributed by atoms with Gasteiger partial charge in [0.05, 0.1) is 21.9 Å². The Hall–Kier alpha value is -1.72. The molecule has 2 aromatic rings. The van der Waals surface area contributed by atoms with Crippen LogP contribution in [0.5, 0.6) is 0 Å². The van der Waals surface area contributed by atoms with E-state index in [1.54, 1.807) is 6.20 Å². The van der Waals surface area contributed by atoms with Crippen LogP contribution in [0, 0.1) is 6.92 Å². The first-order valence-electron chi connectivity index (χ1n) is 5.50. The fourth-order valence-electron chi connectivity index (χ4n) is 1.57. The van der Waals surface area contributed by atoms with Gasteiger partial charge in [0.1, 0.15) is 0 Å². The number of nitrogen functional groups attached to an aromatic ring is 1. The van der Waals surface area contributed by atoms with E-state index in [0.717, 1.165) is 11.3 Å². The number of benzene rings is 1. The maximum atomic E-state index is 12.0. The molecular weight excluding hydrogens is 287 g/mol. The van der Waals surface area contributed by atoms with E-state index in [0.29, 0.717) is 12.1 Å². The van der Waals surface area contributed by atoms with E-state index in [-0.39, 0.29) is 21.6 Å². The summed E-state index contributed by atoms with van der Waals surface area (Å²) in [7, 11) is 0. The molecule has 1 aromatic heterocycles. The van der Waals surface area contributed by atoms with Crippen molar-refractivity contribution in [2.75, 3.05) is 5.73 Å². The first-order chi connectivity index (χ1) is 8.99. The van der Waals surface area contributed by atoms with Crippen molar-refractivity contribution in [2.45, 2.75) is 13.5 Å². The summed E-state index contributed by atoms with van der Waals surface area (Å²) >= 11 is 11.7. The van der Waals surface area contributed by atoms with Gasteiger partial charge in [0.2, 0.25) is 0 Å². The van der Waals surface area contributed by atoms with Crippen LogP contribution in [-0.2, 0) is 6.54 Å². The van der Waals surface area contributed by atoms with E-state index in [2.05, 4.69) is 15.5 Å². The number of anilines is 1. The Kier molecular flexibility index (Phi) is 3.97. The first-order valence-corrected chi connectivity index (χ1v) is 6.26. The Morgan fingerprint density at radius 2 is 2.21 bits per heavy atom. The summed E-state index contributed by atoms with van der Waals surface area (Å²) in [5, 5.41) is 9.94. The molecule has 0 fully saturated rings. The zero-order valence-electron chi connectivity index (χ0n) is 10.1. The average Bonchev–Trinajstić information content (AvgIpc) is 2.78. The number of rotatable bonds is 3. The van der Waals surface area contributed by atoms with Gasteiger partial charge in [0, 0.05) is 23.4 Å². The van der Waals surface area contributed by atoms with Gasteiger partial charge in [-0.3, -0.25) is 9.89 Å². The normalized spacial score (nSPS) is 10.5. The number of hydrogen-bond donors (Lipinski definition) is 3. The first kappa shape index (κ1) is 13.7. The summed E-state index contributed by atoms with van der Waals surface area (Å²) in [6, 6.07) is 2.98. The highest BCUT2D eigenvalue weighted by Gasteiger charge is 2.11. The average molecular weight is 299 g/mol. The van der Waals surface area contributed by atoms with Crippen LogP contribution in [0.4, 0.5) is 5.69 Å². The Bertz CT molecular complexity index is 601. The number of halogens is 2. The lowest BCUT2D eigenvalue weighted by atomic mass is 10.2. The van der Waals surface area contributed by atoms with Gasteiger partial charge in [-0.15, -0.1) is 0 Å². The topological polar surface area (TPSA) is 83.8 Å². The number of aryl methyl sites for hydroxylation is 1. The van der Waals surface area contributed by atoms with E-state index < -0.39 is 0 Å². The monoisotopic (exact) mass is 298 g/mol. The molecule has 0 aliphatic carbocycles. The molecule has 4 N–H and O–H groups in total. The zero-order valence-corrected chi connectivity index (χ0v) is 11.6. The molecule has 0 aliphatic rings. The quantitative estimate of drug-likeness (QED) is 0.761. The summed E-state index contributed by atoms with van der Waals surface area (Å²) in [6.45, 7) is 2.26. The largest absolute Gasteiger partial charge is 0.397 e. The summed E-state index contributed by atoms with van der Waals surface area (Å²) < 4.78 is 0. The molecule has 1 amide bonds. The lowest BCUT2D eigenvalue weighted by molar-refractivity contribution is 0.0951. The van der Waals surface area contributed by atoms with Crippen molar-refractivity contribution in [3.05, 3.63) is 45.2 Å². The second kappa shape index (κ2) is 5.50. The third-order valence-electron chi connectivity index (χ3n) is 2.69. The molecule has 0 saturated carbocycles. The minimum absolute atomic E-state index is 0.254. The van der Waals surface area contributed by atoms with Crippen LogP contribution < -0.4 is 11.1 Å². The number of nitrogens with zero attached hydrogens (tertiary/aromatic N) is 1. The third-order valence-corrected chi connectivity index (χ3v) is 3.51. The van der Waals surface area contributed by atoms with Crippen molar-refractivity contribution in [1.29, 1.82) is 0 Å². The molecule has 0 unspecified atom stereocenters. The molecule has 1 aromatic carbocycles. The van der Waals surface area contributed by atoms with Crippen molar-refractivity contribution in [1.82, 2.24) is 15.5 Å². The molecule has 100 valence electrons. The number of nitrogens with two attached hydrogens (primary N) is 1. The Balaban J connectivity index is 2.10. The number of H-pyrrole nitrogens is 1. The molecule has 0 atom stereocenters. The lowest BCUT2D eigenvalue weighted by Gasteiger charge is -2.07. The Labute approximate surface area is 120 Å². The molecule has 0 saturated heterocycles. The minimum Gasteiger partial charge on any atom is -0.397 e. The van der Waals surface area contributed by atoms with Gasteiger partial charge in [-0.05, 0) is 19.1 Å². The van der Waals surface area contributed by atoms with Crippen LogP contribution in [0.15, 0.2) is 18.3 Å². The number of aromatic nitrogens is 2. The van der Waals surface area contributed by atoms with E-state index >= 15 is 0 Å². The highest BCUT2D eigenvalue weighted by Crippen LogP contribution is 2.29. The fraction of sp³-hybridized carbons (Fsp3) is 0.167. The standard InChI is InChI=1S/C12H12Cl2N4O/c1-6-8(5-17-18-6)4-16-12(19)7-2-9(13)11(14)10(15)3-7/h2-3,5H,4,15H2,1H3,(H,16,19)(H,17,18). The van der Waals surface area contributed by atoms with Gasteiger partial charge in [0.15, 0.2) is 0 Å². The second-order valence-electron chi connectivity index (χ2n) is 4.06. The van der Waals surface area contributed by atoms with Gasteiger partial charge >= 0.3 is 0 Å². The molecule has 0 spiro atoms. The minimum atomic E-state index is -0.272. The van der Waals surface area contributed by atoms with Gasteiger partial charge in [-0.1, -0.05) is 23.2 Å². The molecular formula is C12H12Cl2N4O. The number of amides is 1. The highest BCUT2D eigenvalue weighted by molar-refractivity contribution is 6.43. The predicted molar refractivity (Wildman–Crippen MR) is 75.4 cm³/mol. The number of hydrogen-bond acceptors (Lipinski definition) is 3. The van der Waals surface area contributed by atoms with E-state index in [1.165, 1.54) is 12.1 Å². The van der Waals surface area contributed by atoms with E-state index in [1.807, 2.05) is 6.92 Å². The van der Waals surface area contributed by atoms with Crippen molar-refractivity contribution in [3.63, 3.8) is 0 Å². The Morgan fingerprint density at radius 3 is 2.79 bits per heavy atom. The van der Waals surface area contributed by atoms with Crippen LogP contribution in [0.3, 0.4) is 0 Å². The van der Waals surface area contributed by atoms with Crippen LogP contribution in [0.25, 0.3) is 0 Å². The van der Waals surface area contributed by atoms with Crippen LogP contribution in [-0.4, -0.2) is 16.1 Å². The molecule has 7 heteroatoms. The van der Waals surface area contributed by atoms with E-state index in [9.17, 15) is 4.79 Å². The van der Waals surface area contributed by atoms with Gasteiger partial charge in [-0.25, -0.2) is 0 Å². The third kappa shape index (κ3) is 3.00. The summed E-state index contributed by atoms with van der Waals surface area (Å²) in [5.74, 6) is -0.272.